The van der Waals surface area contributed by atoms with Crippen LogP contribution in [-0.4, -0.2) is 25.0 Å². The third-order valence-corrected chi connectivity index (χ3v) is 3.40. The van der Waals surface area contributed by atoms with Gasteiger partial charge >= 0.3 is 5.97 Å². The first-order valence-corrected chi connectivity index (χ1v) is 7.14. The zero-order chi connectivity index (χ0) is 14.5. The number of hydrogen-bond donors (Lipinski definition) is 0. The van der Waals surface area contributed by atoms with Gasteiger partial charge in [-0.1, -0.05) is 6.92 Å². The minimum Gasteiger partial charge on any atom is -0.494 e. The van der Waals surface area contributed by atoms with Gasteiger partial charge in [0, 0.05) is 5.56 Å². The molecule has 0 aliphatic heterocycles. The van der Waals surface area contributed by atoms with Crippen LogP contribution < -0.4 is 4.74 Å². The number of rotatable bonds is 5. The standard InChI is InChI=1S/C16H20O4/c1-3-9-20-12-6-8-13-11(10-12)5-7-14(15(13)17)16(18)19-4-2/h6,8,10,14H,3-5,7,9H2,1-2H3. The second-order valence-corrected chi connectivity index (χ2v) is 4.87. The monoisotopic (exact) mass is 276 g/mol. The fourth-order valence-electron chi connectivity index (χ4n) is 2.41. The maximum Gasteiger partial charge on any atom is 0.316 e. The van der Waals surface area contributed by atoms with Crippen LogP contribution in [0.25, 0.3) is 0 Å². The summed E-state index contributed by atoms with van der Waals surface area (Å²) in [4.78, 5) is 24.1. The van der Waals surface area contributed by atoms with E-state index in [9.17, 15) is 9.59 Å². The molecule has 0 aromatic heterocycles. The smallest absolute Gasteiger partial charge is 0.316 e. The Morgan fingerprint density at radius 2 is 2.15 bits per heavy atom. The summed E-state index contributed by atoms with van der Waals surface area (Å²) < 4.78 is 10.5. The van der Waals surface area contributed by atoms with Crippen LogP contribution in [0.2, 0.25) is 0 Å². The van der Waals surface area contributed by atoms with Crippen LogP contribution in [0.1, 0.15) is 42.6 Å². The Morgan fingerprint density at radius 1 is 1.35 bits per heavy atom. The van der Waals surface area contributed by atoms with Crippen molar-refractivity contribution in [2.24, 2.45) is 5.92 Å². The Balaban J connectivity index is 2.16. The van der Waals surface area contributed by atoms with Crippen LogP contribution in [0.5, 0.6) is 5.75 Å². The molecule has 0 saturated carbocycles. The SMILES string of the molecule is CCCOc1ccc2c(c1)CCC(C(=O)OCC)C2=O. The van der Waals surface area contributed by atoms with Crippen LogP contribution in [0.15, 0.2) is 18.2 Å². The number of ether oxygens (including phenoxy) is 2. The highest BCUT2D eigenvalue weighted by atomic mass is 16.5. The Labute approximate surface area is 119 Å². The van der Waals surface area contributed by atoms with E-state index in [-0.39, 0.29) is 5.78 Å². The van der Waals surface area contributed by atoms with Gasteiger partial charge in [-0.3, -0.25) is 9.59 Å². The predicted octanol–water partition coefficient (Wildman–Crippen LogP) is 2.78. The van der Waals surface area contributed by atoms with Gasteiger partial charge in [0.05, 0.1) is 13.2 Å². The first kappa shape index (κ1) is 14.6. The largest absolute Gasteiger partial charge is 0.494 e. The van der Waals surface area contributed by atoms with E-state index < -0.39 is 11.9 Å². The van der Waals surface area contributed by atoms with E-state index in [1.165, 1.54) is 0 Å². The van der Waals surface area contributed by atoms with Gasteiger partial charge in [-0.15, -0.1) is 0 Å². The lowest BCUT2D eigenvalue weighted by Crippen LogP contribution is -2.31. The normalized spacial score (nSPS) is 17.5. The quantitative estimate of drug-likeness (QED) is 0.613. The molecule has 1 aromatic carbocycles. The fourth-order valence-corrected chi connectivity index (χ4v) is 2.41. The first-order valence-electron chi connectivity index (χ1n) is 7.14. The lowest BCUT2D eigenvalue weighted by Gasteiger charge is -2.22. The maximum atomic E-state index is 12.3. The molecule has 20 heavy (non-hydrogen) atoms. The average Bonchev–Trinajstić information content (AvgIpc) is 2.45. The summed E-state index contributed by atoms with van der Waals surface area (Å²) in [6, 6.07) is 5.46. The third kappa shape index (κ3) is 3.00. The van der Waals surface area contributed by atoms with Crippen LogP contribution in [0.4, 0.5) is 0 Å². The molecule has 4 nitrogen and oxygen atoms in total. The number of ketones is 1. The molecule has 0 fully saturated rings. The van der Waals surface area contributed by atoms with Crippen molar-refractivity contribution in [1.82, 2.24) is 0 Å². The number of fused-ring (bicyclic) bond motifs is 1. The zero-order valence-corrected chi connectivity index (χ0v) is 12.0. The summed E-state index contributed by atoms with van der Waals surface area (Å²) in [6.45, 7) is 4.76. The Kier molecular flexibility index (Phi) is 4.77. The molecule has 0 spiro atoms. The van der Waals surface area contributed by atoms with Gasteiger partial charge in [0.2, 0.25) is 0 Å². The van der Waals surface area contributed by atoms with Crippen LogP contribution in [0.3, 0.4) is 0 Å². The van der Waals surface area contributed by atoms with Crippen LogP contribution in [0, 0.1) is 5.92 Å². The number of esters is 1. The van der Waals surface area contributed by atoms with E-state index >= 15 is 0 Å². The van der Waals surface area contributed by atoms with Crippen LogP contribution >= 0.6 is 0 Å². The Morgan fingerprint density at radius 3 is 2.85 bits per heavy atom. The molecule has 1 unspecified atom stereocenters. The number of aryl methyl sites for hydroxylation is 1. The molecule has 0 radical (unpaired) electrons. The lowest BCUT2D eigenvalue weighted by molar-refractivity contribution is -0.146. The average molecular weight is 276 g/mol. The van der Waals surface area contributed by atoms with Crippen molar-refractivity contribution in [2.45, 2.75) is 33.1 Å². The first-order chi connectivity index (χ1) is 9.67. The van der Waals surface area contributed by atoms with Crippen molar-refractivity contribution < 1.29 is 19.1 Å². The summed E-state index contributed by atoms with van der Waals surface area (Å²) in [7, 11) is 0. The van der Waals surface area contributed by atoms with Gasteiger partial charge in [-0.05, 0) is 49.9 Å². The van der Waals surface area contributed by atoms with E-state index in [4.69, 9.17) is 9.47 Å². The van der Waals surface area contributed by atoms with E-state index in [1.807, 2.05) is 13.0 Å². The van der Waals surface area contributed by atoms with Gasteiger partial charge in [0.15, 0.2) is 5.78 Å². The molecule has 0 bridgehead atoms. The van der Waals surface area contributed by atoms with Gasteiger partial charge in [-0.2, -0.15) is 0 Å². The van der Waals surface area contributed by atoms with Gasteiger partial charge in [-0.25, -0.2) is 0 Å². The minimum absolute atomic E-state index is 0.133. The highest BCUT2D eigenvalue weighted by Gasteiger charge is 2.33. The zero-order valence-electron chi connectivity index (χ0n) is 12.0. The summed E-state index contributed by atoms with van der Waals surface area (Å²) in [5.41, 5.74) is 1.59. The number of Topliss-reactive ketones (excluding diaryl/α,β-unsaturated/α-hetero) is 1. The molecule has 1 aliphatic rings. The lowest BCUT2D eigenvalue weighted by atomic mass is 9.82. The van der Waals surface area contributed by atoms with E-state index in [1.54, 1.807) is 19.1 Å². The second-order valence-electron chi connectivity index (χ2n) is 4.87. The van der Waals surface area contributed by atoms with Crippen molar-refractivity contribution in [1.29, 1.82) is 0 Å². The number of benzene rings is 1. The summed E-state index contributed by atoms with van der Waals surface area (Å²) in [5, 5.41) is 0. The molecule has 0 N–H and O–H groups in total. The highest BCUT2D eigenvalue weighted by molar-refractivity contribution is 6.10. The van der Waals surface area contributed by atoms with Crippen LogP contribution in [-0.2, 0) is 16.0 Å². The molecule has 4 heteroatoms. The van der Waals surface area contributed by atoms with Gasteiger partial charge in [0.25, 0.3) is 0 Å². The van der Waals surface area contributed by atoms with Gasteiger partial charge in [0.1, 0.15) is 11.7 Å². The molecule has 108 valence electrons. The Bertz CT molecular complexity index is 507. The van der Waals surface area contributed by atoms with Crippen molar-refractivity contribution in [3.05, 3.63) is 29.3 Å². The van der Waals surface area contributed by atoms with Crippen molar-refractivity contribution in [2.75, 3.05) is 13.2 Å². The minimum atomic E-state index is -0.648. The van der Waals surface area contributed by atoms with Crippen molar-refractivity contribution >= 4 is 11.8 Å². The Hall–Kier alpha value is -1.84. The molecule has 1 atom stereocenters. The number of hydrogen-bond acceptors (Lipinski definition) is 4. The van der Waals surface area contributed by atoms with Crippen molar-refractivity contribution in [3.8, 4) is 5.75 Å². The summed E-state index contributed by atoms with van der Waals surface area (Å²) in [5.74, 6) is -0.404. The fraction of sp³-hybridized carbons (Fsp3) is 0.500. The molecule has 0 saturated heterocycles. The predicted molar refractivity (Wildman–Crippen MR) is 75.0 cm³/mol. The van der Waals surface area contributed by atoms with Gasteiger partial charge < -0.3 is 9.47 Å². The topological polar surface area (TPSA) is 52.6 Å². The summed E-state index contributed by atoms with van der Waals surface area (Å²) in [6.07, 6.45) is 2.16. The maximum absolute atomic E-state index is 12.3. The van der Waals surface area contributed by atoms with Crippen molar-refractivity contribution in [3.63, 3.8) is 0 Å². The van der Waals surface area contributed by atoms with E-state index in [2.05, 4.69) is 0 Å². The van der Waals surface area contributed by atoms with E-state index in [0.29, 0.717) is 31.6 Å². The second kappa shape index (κ2) is 6.55. The molecule has 0 heterocycles. The third-order valence-electron chi connectivity index (χ3n) is 3.40. The number of carbonyl (C=O) groups excluding carboxylic acids is 2. The molecule has 1 aromatic rings. The highest BCUT2D eigenvalue weighted by Crippen LogP contribution is 2.29. The molecular formula is C16H20O4. The van der Waals surface area contributed by atoms with E-state index in [0.717, 1.165) is 17.7 Å². The molecular weight excluding hydrogens is 256 g/mol. The summed E-state index contributed by atoms with van der Waals surface area (Å²) >= 11 is 0. The molecule has 2 rings (SSSR count). The molecule has 0 amide bonds. The molecule has 1 aliphatic carbocycles. The number of carbonyl (C=O) groups is 2.